The third-order valence-electron chi connectivity index (χ3n) is 2.77. The van der Waals surface area contributed by atoms with E-state index >= 15 is 0 Å². The van der Waals surface area contributed by atoms with Gasteiger partial charge in [-0.15, -0.1) is 0 Å². The summed E-state index contributed by atoms with van der Waals surface area (Å²) in [5.41, 5.74) is 6.36. The van der Waals surface area contributed by atoms with Gasteiger partial charge in [0.15, 0.2) is 0 Å². The maximum absolute atomic E-state index is 10.9. The van der Waals surface area contributed by atoms with Gasteiger partial charge in [0, 0.05) is 6.54 Å². The van der Waals surface area contributed by atoms with Gasteiger partial charge >= 0.3 is 0 Å². The first-order valence-electron chi connectivity index (χ1n) is 5.72. The molecule has 1 aromatic carbocycles. The van der Waals surface area contributed by atoms with E-state index in [4.69, 9.17) is 10.5 Å². The second-order valence-electron chi connectivity index (χ2n) is 4.10. The van der Waals surface area contributed by atoms with Crippen molar-refractivity contribution in [3.05, 3.63) is 35.9 Å². The molecule has 0 radical (unpaired) electrons. The van der Waals surface area contributed by atoms with Gasteiger partial charge in [-0.1, -0.05) is 30.3 Å². The van der Waals surface area contributed by atoms with Crippen molar-refractivity contribution in [1.82, 2.24) is 4.90 Å². The summed E-state index contributed by atoms with van der Waals surface area (Å²) in [6.45, 7) is 3.67. The zero-order valence-electron chi connectivity index (χ0n) is 10.4. The second kappa shape index (κ2) is 7.04. The topological polar surface area (TPSA) is 55.6 Å². The molecule has 0 spiro atoms. The number of nitrogens with zero attached hydrogens (tertiary/aromatic N) is 1. The van der Waals surface area contributed by atoms with Gasteiger partial charge in [-0.3, -0.25) is 9.69 Å². The first-order valence-corrected chi connectivity index (χ1v) is 5.72. The first-order chi connectivity index (χ1) is 8.11. The van der Waals surface area contributed by atoms with Crippen LogP contribution < -0.4 is 5.73 Å². The lowest BCUT2D eigenvalue weighted by atomic mass is 10.2. The molecule has 0 saturated carbocycles. The summed E-state index contributed by atoms with van der Waals surface area (Å²) in [6, 6.07) is 9.74. The number of amides is 1. The average Bonchev–Trinajstić information content (AvgIpc) is 2.34. The Balaban J connectivity index is 2.18. The van der Waals surface area contributed by atoms with E-state index in [1.807, 2.05) is 42.3 Å². The van der Waals surface area contributed by atoms with Crippen molar-refractivity contribution >= 4 is 5.91 Å². The van der Waals surface area contributed by atoms with Crippen LogP contribution in [0.5, 0.6) is 0 Å². The van der Waals surface area contributed by atoms with E-state index in [0.29, 0.717) is 19.8 Å². The summed E-state index contributed by atoms with van der Waals surface area (Å²) in [7, 11) is 1.86. The largest absolute Gasteiger partial charge is 0.375 e. The molecule has 0 fully saturated rings. The van der Waals surface area contributed by atoms with E-state index in [0.717, 1.165) is 5.56 Å². The zero-order valence-corrected chi connectivity index (χ0v) is 10.4. The van der Waals surface area contributed by atoms with Crippen LogP contribution in [0.4, 0.5) is 0 Å². The smallest absolute Gasteiger partial charge is 0.234 e. The van der Waals surface area contributed by atoms with Gasteiger partial charge in [0.25, 0.3) is 0 Å². The van der Waals surface area contributed by atoms with Crippen LogP contribution in [-0.2, 0) is 16.1 Å². The van der Waals surface area contributed by atoms with Crippen LogP contribution in [0.2, 0.25) is 0 Å². The number of ether oxygens (including phenoxy) is 1. The minimum atomic E-state index is -0.310. The summed E-state index contributed by atoms with van der Waals surface area (Å²) in [5.74, 6) is -0.310. The van der Waals surface area contributed by atoms with Gasteiger partial charge < -0.3 is 10.5 Å². The van der Waals surface area contributed by atoms with Crippen molar-refractivity contribution in [3.8, 4) is 0 Å². The number of hydrogen-bond acceptors (Lipinski definition) is 3. The average molecular weight is 236 g/mol. The quantitative estimate of drug-likeness (QED) is 0.719. The maximum Gasteiger partial charge on any atom is 0.234 e. The van der Waals surface area contributed by atoms with E-state index in [2.05, 4.69) is 0 Å². The monoisotopic (exact) mass is 236 g/mol. The van der Waals surface area contributed by atoms with Gasteiger partial charge in [-0.05, 0) is 19.5 Å². The molecule has 0 aliphatic heterocycles. The Bertz CT molecular complexity index is 341. The number of rotatable bonds is 7. The van der Waals surface area contributed by atoms with E-state index in [1.165, 1.54) is 0 Å². The van der Waals surface area contributed by atoms with Crippen molar-refractivity contribution in [3.63, 3.8) is 0 Å². The molecule has 1 unspecified atom stereocenters. The molecular formula is C13H20N2O2. The predicted octanol–water partition coefficient (Wildman–Crippen LogP) is 1.01. The fourth-order valence-electron chi connectivity index (χ4n) is 1.38. The van der Waals surface area contributed by atoms with Gasteiger partial charge in [0.05, 0.1) is 19.3 Å². The molecule has 0 saturated heterocycles. The molecule has 17 heavy (non-hydrogen) atoms. The van der Waals surface area contributed by atoms with Crippen LogP contribution in [0.15, 0.2) is 30.3 Å². The summed E-state index contributed by atoms with van der Waals surface area (Å²) in [6.07, 6.45) is 0. The number of primary amides is 1. The van der Waals surface area contributed by atoms with Crippen molar-refractivity contribution in [2.24, 2.45) is 5.73 Å². The lowest BCUT2D eigenvalue weighted by molar-refractivity contribution is -0.122. The van der Waals surface area contributed by atoms with Crippen LogP contribution >= 0.6 is 0 Å². The van der Waals surface area contributed by atoms with Crippen molar-refractivity contribution < 1.29 is 9.53 Å². The predicted molar refractivity (Wildman–Crippen MR) is 67.4 cm³/mol. The number of likely N-dealkylation sites (N-methyl/N-ethyl adjacent to an activating group) is 1. The molecule has 4 heteroatoms. The van der Waals surface area contributed by atoms with Gasteiger partial charge in [0.2, 0.25) is 5.91 Å². The van der Waals surface area contributed by atoms with E-state index in [1.54, 1.807) is 6.92 Å². The van der Waals surface area contributed by atoms with Crippen LogP contribution in [0, 0.1) is 0 Å². The molecule has 94 valence electrons. The molecule has 2 N–H and O–H groups in total. The minimum absolute atomic E-state index is 0.254. The molecule has 0 heterocycles. The Morgan fingerprint density at radius 1 is 1.41 bits per heavy atom. The summed E-state index contributed by atoms with van der Waals surface area (Å²) in [4.78, 5) is 12.8. The molecular weight excluding hydrogens is 216 g/mol. The first kappa shape index (κ1) is 13.7. The number of benzene rings is 1. The van der Waals surface area contributed by atoms with Gasteiger partial charge in [0.1, 0.15) is 0 Å². The third kappa shape index (κ3) is 4.97. The number of carbonyl (C=O) groups is 1. The molecule has 0 aliphatic carbocycles. The van der Waals surface area contributed by atoms with Crippen LogP contribution in [-0.4, -0.2) is 37.0 Å². The van der Waals surface area contributed by atoms with Crippen molar-refractivity contribution in [2.45, 2.75) is 19.6 Å². The molecule has 4 nitrogen and oxygen atoms in total. The standard InChI is InChI=1S/C13H20N2O2/c1-11(13(14)16)15(2)8-9-17-10-12-6-4-3-5-7-12/h3-7,11H,8-10H2,1-2H3,(H2,14,16). The van der Waals surface area contributed by atoms with Crippen molar-refractivity contribution in [2.75, 3.05) is 20.2 Å². The normalized spacial score (nSPS) is 12.6. The minimum Gasteiger partial charge on any atom is -0.375 e. The number of hydrogen-bond donors (Lipinski definition) is 1. The molecule has 1 amide bonds. The van der Waals surface area contributed by atoms with E-state index in [9.17, 15) is 4.79 Å². The summed E-state index contributed by atoms with van der Waals surface area (Å²) >= 11 is 0. The highest BCUT2D eigenvalue weighted by Gasteiger charge is 2.13. The Hall–Kier alpha value is -1.39. The van der Waals surface area contributed by atoms with Crippen molar-refractivity contribution in [1.29, 1.82) is 0 Å². The fourth-order valence-corrected chi connectivity index (χ4v) is 1.38. The van der Waals surface area contributed by atoms with Crippen LogP contribution in [0.3, 0.4) is 0 Å². The Morgan fingerprint density at radius 3 is 2.65 bits per heavy atom. The Morgan fingerprint density at radius 2 is 2.06 bits per heavy atom. The highest BCUT2D eigenvalue weighted by molar-refractivity contribution is 5.79. The second-order valence-corrected chi connectivity index (χ2v) is 4.10. The van der Waals surface area contributed by atoms with E-state index in [-0.39, 0.29) is 11.9 Å². The van der Waals surface area contributed by atoms with Gasteiger partial charge in [-0.2, -0.15) is 0 Å². The fraction of sp³-hybridized carbons (Fsp3) is 0.462. The Labute approximate surface area is 102 Å². The highest BCUT2D eigenvalue weighted by Crippen LogP contribution is 2.01. The Kier molecular flexibility index (Phi) is 5.66. The molecule has 0 bridgehead atoms. The van der Waals surface area contributed by atoms with Gasteiger partial charge in [-0.25, -0.2) is 0 Å². The molecule has 1 rings (SSSR count). The molecule has 0 aromatic heterocycles. The summed E-state index contributed by atoms with van der Waals surface area (Å²) in [5, 5.41) is 0. The maximum atomic E-state index is 10.9. The summed E-state index contributed by atoms with van der Waals surface area (Å²) < 4.78 is 5.53. The highest BCUT2D eigenvalue weighted by atomic mass is 16.5. The SMILES string of the molecule is CC(C(N)=O)N(C)CCOCc1ccccc1. The van der Waals surface area contributed by atoms with Crippen LogP contribution in [0.1, 0.15) is 12.5 Å². The lowest BCUT2D eigenvalue weighted by Gasteiger charge is -2.21. The van der Waals surface area contributed by atoms with Crippen LogP contribution in [0.25, 0.3) is 0 Å². The molecule has 1 aromatic rings. The third-order valence-corrected chi connectivity index (χ3v) is 2.77. The molecule has 0 aliphatic rings. The zero-order chi connectivity index (χ0) is 12.7. The van der Waals surface area contributed by atoms with E-state index < -0.39 is 0 Å². The number of carbonyl (C=O) groups excluding carboxylic acids is 1. The number of nitrogens with two attached hydrogens (primary N) is 1. The molecule has 1 atom stereocenters. The lowest BCUT2D eigenvalue weighted by Crippen LogP contribution is -2.41.